The summed E-state index contributed by atoms with van der Waals surface area (Å²) < 4.78 is 0. The molecule has 4 heteroatoms. The summed E-state index contributed by atoms with van der Waals surface area (Å²) in [5, 5.41) is 3.07. The van der Waals surface area contributed by atoms with Gasteiger partial charge in [0, 0.05) is 17.2 Å². The maximum absolute atomic E-state index is 12.7. The van der Waals surface area contributed by atoms with Crippen molar-refractivity contribution >= 4 is 17.4 Å². The summed E-state index contributed by atoms with van der Waals surface area (Å²) in [7, 11) is 0. The predicted molar refractivity (Wildman–Crippen MR) is 114 cm³/mol. The summed E-state index contributed by atoms with van der Waals surface area (Å²) in [6.07, 6.45) is 1.62. The van der Waals surface area contributed by atoms with Gasteiger partial charge in [-0.1, -0.05) is 47.5 Å². The van der Waals surface area contributed by atoms with Gasteiger partial charge < -0.3 is 5.32 Å². The number of rotatable bonds is 5. The molecule has 0 spiro atoms. The molecule has 148 valence electrons. The zero-order chi connectivity index (χ0) is 20.3. The normalized spacial score (nSPS) is 15.4. The van der Waals surface area contributed by atoms with E-state index in [9.17, 15) is 9.59 Å². The minimum absolute atomic E-state index is 0.0124. The Morgan fingerprint density at radius 3 is 2.07 bits per heavy atom. The summed E-state index contributed by atoms with van der Waals surface area (Å²) in [5.41, 5.74) is 6.26. The van der Waals surface area contributed by atoms with Crippen LogP contribution in [0.3, 0.4) is 0 Å². The fraction of sp³-hybridized carbons (Fsp3) is 0.417. The highest BCUT2D eigenvalue weighted by Gasteiger charge is 2.26. The lowest BCUT2D eigenvalue weighted by Gasteiger charge is -2.30. The maximum Gasteiger partial charge on any atom is 0.238 e. The van der Waals surface area contributed by atoms with Crippen LogP contribution < -0.4 is 5.32 Å². The van der Waals surface area contributed by atoms with Gasteiger partial charge >= 0.3 is 0 Å². The van der Waals surface area contributed by atoms with Crippen molar-refractivity contribution in [1.29, 1.82) is 0 Å². The zero-order valence-corrected chi connectivity index (χ0v) is 17.3. The average Bonchev–Trinajstić information content (AvgIpc) is 2.65. The highest BCUT2D eigenvalue weighted by molar-refractivity contribution is 5.98. The van der Waals surface area contributed by atoms with Crippen LogP contribution >= 0.6 is 0 Å². The Balaban J connectivity index is 1.52. The number of hydrogen-bond acceptors (Lipinski definition) is 3. The highest BCUT2D eigenvalue weighted by atomic mass is 16.2. The van der Waals surface area contributed by atoms with Crippen molar-refractivity contribution in [2.45, 2.75) is 40.5 Å². The molecule has 1 aliphatic rings. The lowest BCUT2D eigenvalue weighted by Crippen LogP contribution is -2.40. The zero-order valence-electron chi connectivity index (χ0n) is 17.3. The minimum Gasteiger partial charge on any atom is -0.324 e. The number of amides is 1. The van der Waals surface area contributed by atoms with Gasteiger partial charge in [0.2, 0.25) is 5.91 Å². The molecular weight excluding hydrogens is 348 g/mol. The Hall–Kier alpha value is -2.46. The van der Waals surface area contributed by atoms with Gasteiger partial charge in [0.25, 0.3) is 0 Å². The maximum atomic E-state index is 12.7. The number of likely N-dealkylation sites (tertiary alicyclic amines) is 1. The first-order valence-electron chi connectivity index (χ1n) is 10.0. The van der Waals surface area contributed by atoms with E-state index in [4.69, 9.17) is 0 Å². The third kappa shape index (κ3) is 4.87. The number of benzene rings is 2. The number of Topliss-reactive ketones (excluding diaryl/α,β-unsaturated/α-hetero) is 1. The second kappa shape index (κ2) is 8.70. The van der Waals surface area contributed by atoms with Crippen LogP contribution in [0.15, 0.2) is 36.4 Å². The largest absolute Gasteiger partial charge is 0.324 e. The molecule has 1 aliphatic heterocycles. The Labute approximate surface area is 167 Å². The van der Waals surface area contributed by atoms with Gasteiger partial charge in [0.1, 0.15) is 0 Å². The summed E-state index contributed by atoms with van der Waals surface area (Å²) in [6.45, 7) is 10.1. The van der Waals surface area contributed by atoms with Gasteiger partial charge in [0.05, 0.1) is 6.54 Å². The quantitative estimate of drug-likeness (QED) is 0.782. The number of aryl methyl sites for hydroxylation is 4. The first-order chi connectivity index (χ1) is 13.3. The van der Waals surface area contributed by atoms with Crippen molar-refractivity contribution in [2.75, 3.05) is 25.0 Å². The first kappa shape index (κ1) is 20.3. The van der Waals surface area contributed by atoms with Crippen molar-refractivity contribution in [3.05, 3.63) is 64.2 Å². The molecule has 2 aromatic rings. The van der Waals surface area contributed by atoms with E-state index in [0.29, 0.717) is 6.54 Å². The van der Waals surface area contributed by atoms with Crippen LogP contribution in [0.25, 0.3) is 0 Å². The highest BCUT2D eigenvalue weighted by Crippen LogP contribution is 2.24. The van der Waals surface area contributed by atoms with Crippen LogP contribution in [0.4, 0.5) is 5.69 Å². The van der Waals surface area contributed by atoms with Gasteiger partial charge in [-0.05, 0) is 64.8 Å². The number of ketones is 1. The lowest BCUT2D eigenvalue weighted by atomic mass is 9.88. The molecule has 0 radical (unpaired) electrons. The van der Waals surface area contributed by atoms with E-state index in [1.54, 1.807) is 0 Å². The Morgan fingerprint density at radius 2 is 1.50 bits per heavy atom. The van der Waals surface area contributed by atoms with Crippen LogP contribution in [-0.4, -0.2) is 36.2 Å². The summed E-state index contributed by atoms with van der Waals surface area (Å²) >= 11 is 0. The van der Waals surface area contributed by atoms with Crippen LogP contribution in [0.1, 0.15) is 45.5 Å². The number of nitrogens with zero attached hydrogens (tertiary/aromatic N) is 1. The van der Waals surface area contributed by atoms with Crippen molar-refractivity contribution in [1.82, 2.24) is 4.90 Å². The molecule has 0 atom stereocenters. The molecule has 4 nitrogen and oxygen atoms in total. The fourth-order valence-electron chi connectivity index (χ4n) is 4.07. The van der Waals surface area contributed by atoms with E-state index in [1.165, 1.54) is 5.56 Å². The van der Waals surface area contributed by atoms with Crippen molar-refractivity contribution in [2.24, 2.45) is 5.92 Å². The van der Waals surface area contributed by atoms with E-state index in [0.717, 1.165) is 53.9 Å². The van der Waals surface area contributed by atoms with E-state index in [-0.39, 0.29) is 17.6 Å². The molecular formula is C24H30N2O2. The number of piperidine rings is 1. The van der Waals surface area contributed by atoms with E-state index in [1.807, 2.05) is 45.0 Å². The van der Waals surface area contributed by atoms with Crippen molar-refractivity contribution < 1.29 is 9.59 Å². The minimum atomic E-state index is 0.0124. The third-order valence-electron chi connectivity index (χ3n) is 5.60. The molecule has 1 N–H and O–H groups in total. The molecule has 0 unspecified atom stereocenters. The SMILES string of the molecule is Cc1ccc(C(=O)C2CCN(CC(=O)Nc3c(C)cc(C)cc3C)CC2)cc1. The van der Waals surface area contributed by atoms with Crippen molar-refractivity contribution in [3.8, 4) is 0 Å². The molecule has 1 fully saturated rings. The Bertz CT molecular complexity index is 840. The third-order valence-corrected chi connectivity index (χ3v) is 5.60. The van der Waals surface area contributed by atoms with Crippen LogP contribution in [0.2, 0.25) is 0 Å². The summed E-state index contributed by atoms with van der Waals surface area (Å²) in [6, 6.07) is 12.0. The second-order valence-corrected chi connectivity index (χ2v) is 8.10. The van der Waals surface area contributed by atoms with E-state index < -0.39 is 0 Å². The van der Waals surface area contributed by atoms with Gasteiger partial charge in [-0.3, -0.25) is 14.5 Å². The predicted octanol–water partition coefficient (Wildman–Crippen LogP) is 4.45. The van der Waals surface area contributed by atoms with Gasteiger partial charge in [-0.2, -0.15) is 0 Å². The molecule has 28 heavy (non-hydrogen) atoms. The summed E-state index contributed by atoms with van der Waals surface area (Å²) in [4.78, 5) is 27.4. The van der Waals surface area contributed by atoms with Gasteiger partial charge in [-0.15, -0.1) is 0 Å². The van der Waals surface area contributed by atoms with Crippen LogP contribution in [-0.2, 0) is 4.79 Å². The number of hydrogen-bond donors (Lipinski definition) is 1. The molecule has 1 heterocycles. The van der Waals surface area contributed by atoms with Gasteiger partial charge in [-0.25, -0.2) is 0 Å². The number of nitrogens with one attached hydrogen (secondary N) is 1. The monoisotopic (exact) mass is 378 g/mol. The van der Waals surface area contributed by atoms with Gasteiger partial charge in [0.15, 0.2) is 5.78 Å². The fourth-order valence-corrected chi connectivity index (χ4v) is 4.07. The van der Waals surface area contributed by atoms with E-state index in [2.05, 4.69) is 29.3 Å². The average molecular weight is 379 g/mol. The molecule has 0 aromatic heterocycles. The van der Waals surface area contributed by atoms with E-state index >= 15 is 0 Å². The smallest absolute Gasteiger partial charge is 0.238 e. The topological polar surface area (TPSA) is 49.4 Å². The molecule has 0 aliphatic carbocycles. The summed E-state index contributed by atoms with van der Waals surface area (Å²) in [5.74, 6) is 0.303. The molecule has 0 saturated carbocycles. The number of anilines is 1. The van der Waals surface area contributed by atoms with Crippen molar-refractivity contribution in [3.63, 3.8) is 0 Å². The molecule has 1 amide bonds. The molecule has 0 bridgehead atoms. The molecule has 3 rings (SSSR count). The second-order valence-electron chi connectivity index (χ2n) is 8.10. The molecule has 2 aromatic carbocycles. The Morgan fingerprint density at radius 1 is 0.929 bits per heavy atom. The van der Waals surface area contributed by atoms with Crippen LogP contribution in [0.5, 0.6) is 0 Å². The van der Waals surface area contributed by atoms with Crippen LogP contribution in [0, 0.1) is 33.6 Å². The molecule has 1 saturated heterocycles. The lowest BCUT2D eigenvalue weighted by molar-refractivity contribution is -0.117. The first-order valence-corrected chi connectivity index (χ1v) is 10.0. The standard InChI is InChI=1S/C24H30N2O2/c1-16-5-7-20(8-6-16)24(28)21-9-11-26(12-10-21)15-22(27)25-23-18(3)13-17(2)14-19(23)4/h5-8,13-14,21H,9-12,15H2,1-4H3,(H,25,27). The number of carbonyl (C=O) groups is 2. The Kier molecular flexibility index (Phi) is 6.30. The number of carbonyl (C=O) groups excluding carboxylic acids is 2.